The fourth-order valence-electron chi connectivity index (χ4n) is 3.98. The zero-order valence-corrected chi connectivity index (χ0v) is 12.7. The van der Waals surface area contributed by atoms with Crippen molar-refractivity contribution in [1.29, 1.82) is 5.26 Å². The van der Waals surface area contributed by atoms with Crippen LogP contribution in [0.15, 0.2) is 18.2 Å². The van der Waals surface area contributed by atoms with Crippen molar-refractivity contribution in [3.63, 3.8) is 0 Å². The maximum Gasteiger partial charge on any atom is 0.252 e. The molecule has 3 atom stereocenters. The van der Waals surface area contributed by atoms with Crippen molar-refractivity contribution in [2.45, 2.75) is 51.1 Å². The van der Waals surface area contributed by atoms with Crippen LogP contribution in [0.4, 0.5) is 13.2 Å². The maximum atomic E-state index is 13.7. The van der Waals surface area contributed by atoms with Gasteiger partial charge in [-0.25, -0.2) is 13.2 Å². The molecular weight excluding hydrogens is 305 g/mol. The molecule has 0 spiro atoms. The SMILES string of the molecule is CC[C@]1(C(F)F)C[C@H]2CC[C@@H](c3cc(F)cc(C#N)c3)N2C1=O. The lowest BCUT2D eigenvalue weighted by atomic mass is 9.81. The van der Waals surface area contributed by atoms with E-state index in [2.05, 4.69) is 0 Å². The van der Waals surface area contributed by atoms with Crippen LogP contribution < -0.4 is 0 Å². The average Bonchev–Trinajstić information content (AvgIpc) is 3.05. The van der Waals surface area contributed by atoms with Crippen molar-refractivity contribution in [3.8, 4) is 6.07 Å². The Morgan fingerprint density at radius 1 is 1.39 bits per heavy atom. The number of benzene rings is 1. The zero-order valence-electron chi connectivity index (χ0n) is 12.7. The molecule has 6 heteroatoms. The lowest BCUT2D eigenvalue weighted by molar-refractivity contribution is -0.146. The second kappa shape index (κ2) is 5.55. The Labute approximate surface area is 132 Å². The average molecular weight is 322 g/mol. The van der Waals surface area contributed by atoms with Crippen molar-refractivity contribution in [3.05, 3.63) is 35.1 Å². The predicted octanol–water partition coefficient (Wildman–Crippen LogP) is 3.79. The fourth-order valence-corrected chi connectivity index (χ4v) is 3.98. The number of fused-ring (bicyclic) bond motifs is 1. The van der Waals surface area contributed by atoms with Gasteiger partial charge in [-0.3, -0.25) is 4.79 Å². The van der Waals surface area contributed by atoms with E-state index in [0.29, 0.717) is 18.4 Å². The van der Waals surface area contributed by atoms with Crippen LogP contribution >= 0.6 is 0 Å². The molecule has 1 aromatic rings. The first-order chi connectivity index (χ1) is 10.9. The Kier molecular flexibility index (Phi) is 3.83. The number of carbonyl (C=O) groups is 1. The van der Waals surface area contributed by atoms with E-state index in [-0.39, 0.29) is 24.4 Å². The number of nitriles is 1. The number of alkyl halides is 2. The maximum absolute atomic E-state index is 13.7. The third kappa shape index (κ3) is 2.30. The largest absolute Gasteiger partial charge is 0.332 e. The van der Waals surface area contributed by atoms with E-state index < -0.39 is 29.6 Å². The van der Waals surface area contributed by atoms with Crippen LogP contribution in [0.2, 0.25) is 0 Å². The second-order valence-electron chi connectivity index (χ2n) is 6.36. The molecule has 2 aliphatic rings. The number of hydrogen-bond donors (Lipinski definition) is 0. The van der Waals surface area contributed by atoms with Crippen LogP contribution in [0.5, 0.6) is 0 Å². The summed E-state index contributed by atoms with van der Waals surface area (Å²) in [5.41, 5.74) is -0.932. The lowest BCUT2D eigenvalue weighted by Crippen LogP contribution is -2.40. The topological polar surface area (TPSA) is 44.1 Å². The Morgan fingerprint density at radius 3 is 2.74 bits per heavy atom. The molecule has 0 aromatic heterocycles. The Hall–Kier alpha value is -2.03. The number of halogens is 3. The summed E-state index contributed by atoms with van der Waals surface area (Å²) in [5, 5.41) is 8.97. The van der Waals surface area contributed by atoms with Crippen LogP contribution in [-0.4, -0.2) is 23.3 Å². The number of rotatable bonds is 3. The second-order valence-corrected chi connectivity index (χ2v) is 6.36. The smallest absolute Gasteiger partial charge is 0.252 e. The van der Waals surface area contributed by atoms with E-state index in [0.717, 1.165) is 6.07 Å². The molecule has 0 bridgehead atoms. The lowest BCUT2D eigenvalue weighted by Gasteiger charge is -2.29. The molecule has 0 aliphatic carbocycles. The van der Waals surface area contributed by atoms with Gasteiger partial charge in [-0.1, -0.05) is 6.92 Å². The summed E-state index contributed by atoms with van der Waals surface area (Å²) in [6.45, 7) is 1.61. The van der Waals surface area contributed by atoms with Gasteiger partial charge in [0.25, 0.3) is 6.43 Å². The molecule has 1 amide bonds. The van der Waals surface area contributed by atoms with Crippen LogP contribution in [0.1, 0.15) is 49.8 Å². The summed E-state index contributed by atoms with van der Waals surface area (Å²) in [5.74, 6) is -1.09. The van der Waals surface area contributed by atoms with Gasteiger partial charge in [0.15, 0.2) is 0 Å². The highest BCUT2D eigenvalue weighted by molar-refractivity contribution is 5.86. The van der Waals surface area contributed by atoms with Crippen LogP contribution in [0.25, 0.3) is 0 Å². The third-order valence-corrected chi connectivity index (χ3v) is 5.25. The van der Waals surface area contributed by atoms with Gasteiger partial charge in [0.2, 0.25) is 5.91 Å². The summed E-state index contributed by atoms with van der Waals surface area (Å²) in [4.78, 5) is 14.2. The molecule has 2 fully saturated rings. The van der Waals surface area contributed by atoms with Gasteiger partial charge in [-0.15, -0.1) is 0 Å². The van der Waals surface area contributed by atoms with E-state index >= 15 is 0 Å². The van der Waals surface area contributed by atoms with Gasteiger partial charge in [0.1, 0.15) is 11.2 Å². The summed E-state index contributed by atoms with van der Waals surface area (Å²) < 4.78 is 40.7. The minimum Gasteiger partial charge on any atom is -0.332 e. The minimum atomic E-state index is -2.70. The van der Waals surface area contributed by atoms with E-state index in [1.807, 2.05) is 6.07 Å². The summed E-state index contributed by atoms with van der Waals surface area (Å²) in [7, 11) is 0. The normalized spacial score (nSPS) is 29.9. The van der Waals surface area contributed by atoms with E-state index in [1.54, 1.807) is 6.92 Å². The molecule has 23 heavy (non-hydrogen) atoms. The summed E-state index contributed by atoms with van der Waals surface area (Å²) in [6, 6.07) is 5.18. The molecular formula is C17H17F3N2O. The van der Waals surface area contributed by atoms with Crippen LogP contribution in [0, 0.1) is 22.6 Å². The predicted molar refractivity (Wildman–Crippen MR) is 77.1 cm³/mol. The van der Waals surface area contributed by atoms with Crippen molar-refractivity contribution in [2.75, 3.05) is 0 Å². The van der Waals surface area contributed by atoms with E-state index in [1.165, 1.54) is 17.0 Å². The fraction of sp³-hybridized carbons (Fsp3) is 0.529. The Morgan fingerprint density at radius 2 is 2.13 bits per heavy atom. The Balaban J connectivity index is 1.98. The molecule has 2 saturated heterocycles. The van der Waals surface area contributed by atoms with Gasteiger partial charge in [0.05, 0.1) is 17.7 Å². The monoisotopic (exact) mass is 322 g/mol. The van der Waals surface area contributed by atoms with Crippen molar-refractivity contribution >= 4 is 5.91 Å². The molecule has 2 aliphatic heterocycles. The van der Waals surface area contributed by atoms with Crippen molar-refractivity contribution < 1.29 is 18.0 Å². The number of carbonyl (C=O) groups excluding carboxylic acids is 1. The van der Waals surface area contributed by atoms with Gasteiger partial charge in [0, 0.05) is 6.04 Å². The van der Waals surface area contributed by atoms with Gasteiger partial charge >= 0.3 is 0 Å². The van der Waals surface area contributed by atoms with Gasteiger partial charge in [-0.05, 0) is 49.4 Å². The van der Waals surface area contributed by atoms with Crippen molar-refractivity contribution in [1.82, 2.24) is 4.90 Å². The number of hydrogen-bond acceptors (Lipinski definition) is 2. The van der Waals surface area contributed by atoms with Gasteiger partial charge in [-0.2, -0.15) is 5.26 Å². The van der Waals surface area contributed by atoms with Crippen molar-refractivity contribution in [2.24, 2.45) is 5.41 Å². The van der Waals surface area contributed by atoms with Gasteiger partial charge < -0.3 is 4.90 Å². The first-order valence-corrected chi connectivity index (χ1v) is 7.74. The minimum absolute atomic E-state index is 0.0931. The molecule has 122 valence electrons. The molecule has 0 radical (unpaired) electrons. The highest BCUT2D eigenvalue weighted by Gasteiger charge is 2.59. The molecule has 0 unspecified atom stereocenters. The Bertz CT molecular complexity index is 685. The van der Waals surface area contributed by atoms with Crippen LogP contribution in [0.3, 0.4) is 0 Å². The molecule has 1 aromatic carbocycles. The van der Waals surface area contributed by atoms with E-state index in [4.69, 9.17) is 5.26 Å². The number of nitrogens with zero attached hydrogens (tertiary/aromatic N) is 2. The van der Waals surface area contributed by atoms with Crippen LogP contribution in [-0.2, 0) is 4.79 Å². The molecule has 3 nitrogen and oxygen atoms in total. The molecule has 0 saturated carbocycles. The molecule has 3 rings (SSSR count). The number of amides is 1. The third-order valence-electron chi connectivity index (χ3n) is 5.25. The first-order valence-electron chi connectivity index (χ1n) is 7.74. The molecule has 0 N–H and O–H groups in total. The molecule has 2 heterocycles. The quantitative estimate of drug-likeness (QED) is 0.850. The summed E-state index contributed by atoms with van der Waals surface area (Å²) in [6.07, 6.45) is -1.22. The standard InChI is InChI=1S/C17H17F3N2O/c1-2-17(15(19)20)8-13-3-4-14(22(13)16(17)23)11-5-10(9-21)6-12(18)7-11/h5-7,13-15H,2-4,8H2,1H3/t13-,14+,17-/m1/s1. The highest BCUT2D eigenvalue weighted by atomic mass is 19.3. The van der Waals surface area contributed by atoms with E-state index in [9.17, 15) is 18.0 Å². The summed E-state index contributed by atoms with van der Waals surface area (Å²) >= 11 is 0. The zero-order chi connectivity index (χ0) is 16.8. The first kappa shape index (κ1) is 15.9. The highest BCUT2D eigenvalue weighted by Crippen LogP contribution is 2.52.